The maximum Gasteiger partial charge on any atom is 0.00397 e. The minimum atomic E-state index is 0.936. The maximum absolute atomic E-state index is 4.13. The normalized spacial score (nSPS) is 11.0. The molecule has 0 spiro atoms. The SMILES string of the molecule is CCN(CC)CCCNCCS. The highest BCUT2D eigenvalue weighted by atomic mass is 32.1. The average Bonchev–Trinajstić information content (AvgIpc) is 2.11. The molecule has 0 atom stereocenters. The monoisotopic (exact) mass is 190 g/mol. The molecule has 0 amide bonds. The first kappa shape index (κ1) is 12.3. The molecule has 1 N–H and O–H groups in total. The molecular weight excluding hydrogens is 168 g/mol. The van der Waals surface area contributed by atoms with E-state index in [1.807, 2.05) is 0 Å². The molecule has 0 unspecified atom stereocenters. The number of rotatable bonds is 8. The van der Waals surface area contributed by atoms with Crippen LogP contribution in [0.1, 0.15) is 20.3 Å². The summed E-state index contributed by atoms with van der Waals surface area (Å²) in [5.74, 6) is 0.936. The van der Waals surface area contributed by atoms with Crippen molar-refractivity contribution in [1.29, 1.82) is 0 Å². The van der Waals surface area contributed by atoms with Crippen LogP contribution in [0.25, 0.3) is 0 Å². The second-order valence-corrected chi connectivity index (χ2v) is 3.30. The Labute approximate surface area is 82.1 Å². The van der Waals surface area contributed by atoms with E-state index in [0.717, 1.165) is 18.8 Å². The van der Waals surface area contributed by atoms with Crippen LogP contribution in [-0.4, -0.2) is 43.4 Å². The fourth-order valence-electron chi connectivity index (χ4n) is 1.17. The molecule has 0 aliphatic rings. The van der Waals surface area contributed by atoms with Crippen LogP contribution >= 0.6 is 12.6 Å². The minimum absolute atomic E-state index is 0.936. The van der Waals surface area contributed by atoms with Gasteiger partial charge in [-0.15, -0.1) is 0 Å². The summed E-state index contributed by atoms with van der Waals surface area (Å²) >= 11 is 4.13. The van der Waals surface area contributed by atoms with E-state index in [1.54, 1.807) is 0 Å². The van der Waals surface area contributed by atoms with Crippen molar-refractivity contribution < 1.29 is 0 Å². The van der Waals surface area contributed by atoms with Gasteiger partial charge in [0.15, 0.2) is 0 Å². The predicted octanol–water partition coefficient (Wildman–Crippen LogP) is 1.24. The third-order valence-electron chi connectivity index (χ3n) is 2.01. The molecule has 0 saturated carbocycles. The Morgan fingerprint density at radius 2 is 1.83 bits per heavy atom. The molecule has 0 aliphatic heterocycles. The van der Waals surface area contributed by atoms with Gasteiger partial charge in [-0.2, -0.15) is 12.6 Å². The lowest BCUT2D eigenvalue weighted by Crippen LogP contribution is -2.27. The molecule has 0 aliphatic carbocycles. The molecule has 12 heavy (non-hydrogen) atoms. The number of thiol groups is 1. The lowest BCUT2D eigenvalue weighted by atomic mass is 10.3. The first-order valence-electron chi connectivity index (χ1n) is 4.89. The molecule has 0 rings (SSSR count). The summed E-state index contributed by atoms with van der Waals surface area (Å²) < 4.78 is 0. The van der Waals surface area contributed by atoms with Crippen molar-refractivity contribution in [1.82, 2.24) is 10.2 Å². The van der Waals surface area contributed by atoms with E-state index in [4.69, 9.17) is 0 Å². The van der Waals surface area contributed by atoms with Gasteiger partial charge in [0.05, 0.1) is 0 Å². The molecule has 0 heterocycles. The highest BCUT2D eigenvalue weighted by molar-refractivity contribution is 7.80. The van der Waals surface area contributed by atoms with Crippen LogP contribution in [-0.2, 0) is 0 Å². The van der Waals surface area contributed by atoms with E-state index in [-0.39, 0.29) is 0 Å². The van der Waals surface area contributed by atoms with E-state index in [1.165, 1.54) is 26.1 Å². The van der Waals surface area contributed by atoms with Crippen molar-refractivity contribution >= 4 is 12.6 Å². The number of hydrogen-bond acceptors (Lipinski definition) is 3. The van der Waals surface area contributed by atoms with Crippen molar-refractivity contribution in [2.24, 2.45) is 0 Å². The Balaban J connectivity index is 3.06. The van der Waals surface area contributed by atoms with E-state index in [0.29, 0.717) is 0 Å². The van der Waals surface area contributed by atoms with Crippen LogP contribution in [0.2, 0.25) is 0 Å². The van der Waals surface area contributed by atoms with Gasteiger partial charge in [-0.05, 0) is 32.6 Å². The topological polar surface area (TPSA) is 15.3 Å². The molecule has 74 valence electrons. The van der Waals surface area contributed by atoms with Gasteiger partial charge in [0.2, 0.25) is 0 Å². The average molecular weight is 190 g/mol. The summed E-state index contributed by atoms with van der Waals surface area (Å²) in [4.78, 5) is 2.45. The van der Waals surface area contributed by atoms with Crippen LogP contribution in [0, 0.1) is 0 Å². The minimum Gasteiger partial charge on any atom is -0.316 e. The summed E-state index contributed by atoms with van der Waals surface area (Å²) in [6.07, 6.45) is 1.25. The van der Waals surface area contributed by atoms with E-state index in [2.05, 4.69) is 36.7 Å². The zero-order chi connectivity index (χ0) is 9.23. The fourth-order valence-corrected chi connectivity index (χ4v) is 1.33. The Bertz CT molecular complexity index is 84.6. The highest BCUT2D eigenvalue weighted by Crippen LogP contribution is 1.88. The fraction of sp³-hybridized carbons (Fsp3) is 1.00. The second kappa shape index (κ2) is 9.36. The zero-order valence-electron chi connectivity index (χ0n) is 8.34. The molecule has 0 radical (unpaired) electrons. The molecule has 0 aromatic rings. The van der Waals surface area contributed by atoms with Gasteiger partial charge in [-0.3, -0.25) is 0 Å². The van der Waals surface area contributed by atoms with Gasteiger partial charge in [-0.1, -0.05) is 13.8 Å². The molecule has 0 aromatic heterocycles. The molecule has 0 fully saturated rings. The molecule has 2 nitrogen and oxygen atoms in total. The van der Waals surface area contributed by atoms with Crippen molar-refractivity contribution in [3.05, 3.63) is 0 Å². The standard InChI is InChI=1S/C9H22N2S/c1-3-11(4-2)8-5-6-10-7-9-12/h10,12H,3-9H2,1-2H3. The van der Waals surface area contributed by atoms with E-state index >= 15 is 0 Å². The van der Waals surface area contributed by atoms with Crippen molar-refractivity contribution in [3.8, 4) is 0 Å². The quantitative estimate of drug-likeness (QED) is 0.442. The van der Waals surface area contributed by atoms with Gasteiger partial charge in [0.1, 0.15) is 0 Å². The molecular formula is C9H22N2S. The summed E-state index contributed by atoms with van der Waals surface area (Å²) in [5.41, 5.74) is 0. The van der Waals surface area contributed by atoms with E-state index in [9.17, 15) is 0 Å². The van der Waals surface area contributed by atoms with Crippen LogP contribution in [0.3, 0.4) is 0 Å². The summed E-state index contributed by atoms with van der Waals surface area (Å²) in [7, 11) is 0. The molecule has 0 bridgehead atoms. The van der Waals surface area contributed by atoms with Crippen molar-refractivity contribution in [3.63, 3.8) is 0 Å². The lowest BCUT2D eigenvalue weighted by molar-refractivity contribution is 0.298. The third kappa shape index (κ3) is 6.95. The smallest absolute Gasteiger partial charge is 0.00397 e. The zero-order valence-corrected chi connectivity index (χ0v) is 9.24. The molecule has 3 heteroatoms. The lowest BCUT2D eigenvalue weighted by Gasteiger charge is -2.17. The van der Waals surface area contributed by atoms with Gasteiger partial charge >= 0.3 is 0 Å². The van der Waals surface area contributed by atoms with Crippen LogP contribution in [0.5, 0.6) is 0 Å². The summed E-state index contributed by atoms with van der Waals surface area (Å²) in [6.45, 7) is 10.1. The van der Waals surface area contributed by atoms with Gasteiger partial charge in [-0.25, -0.2) is 0 Å². The number of hydrogen-bond donors (Lipinski definition) is 2. The van der Waals surface area contributed by atoms with Crippen LogP contribution in [0.15, 0.2) is 0 Å². The summed E-state index contributed by atoms with van der Waals surface area (Å²) in [5, 5.41) is 3.34. The first-order valence-corrected chi connectivity index (χ1v) is 5.52. The van der Waals surface area contributed by atoms with Crippen LogP contribution < -0.4 is 5.32 Å². The first-order chi connectivity index (χ1) is 5.85. The Morgan fingerprint density at radius 3 is 2.33 bits per heavy atom. The van der Waals surface area contributed by atoms with Crippen molar-refractivity contribution in [2.45, 2.75) is 20.3 Å². The Kier molecular flexibility index (Phi) is 9.57. The highest BCUT2D eigenvalue weighted by Gasteiger charge is 1.96. The Morgan fingerprint density at radius 1 is 1.17 bits per heavy atom. The number of nitrogens with one attached hydrogen (secondary N) is 1. The largest absolute Gasteiger partial charge is 0.316 e. The van der Waals surface area contributed by atoms with Gasteiger partial charge < -0.3 is 10.2 Å². The third-order valence-corrected chi connectivity index (χ3v) is 2.23. The second-order valence-electron chi connectivity index (χ2n) is 2.85. The maximum atomic E-state index is 4.13. The summed E-state index contributed by atoms with van der Waals surface area (Å²) in [6, 6.07) is 0. The van der Waals surface area contributed by atoms with Crippen molar-refractivity contribution in [2.75, 3.05) is 38.5 Å². The van der Waals surface area contributed by atoms with E-state index < -0.39 is 0 Å². The molecule has 0 saturated heterocycles. The molecule has 0 aromatic carbocycles. The van der Waals surface area contributed by atoms with Gasteiger partial charge in [0, 0.05) is 12.3 Å². The van der Waals surface area contributed by atoms with Crippen LogP contribution in [0.4, 0.5) is 0 Å². The number of nitrogens with zero attached hydrogens (tertiary/aromatic N) is 1. The van der Waals surface area contributed by atoms with Gasteiger partial charge in [0.25, 0.3) is 0 Å². The predicted molar refractivity (Wildman–Crippen MR) is 59.1 cm³/mol. The Hall–Kier alpha value is 0.270.